The average molecular weight is 411 g/mol. The fourth-order valence-corrected chi connectivity index (χ4v) is 3.54. The van der Waals surface area contributed by atoms with Gasteiger partial charge in [-0.3, -0.25) is 9.59 Å². The van der Waals surface area contributed by atoms with Crippen LogP contribution < -0.4 is 10.6 Å². The van der Waals surface area contributed by atoms with Gasteiger partial charge in [0.05, 0.1) is 16.3 Å². The first-order chi connectivity index (χ1) is 13.9. The number of rotatable bonds is 8. The molecule has 3 rings (SSSR count). The molecule has 1 radical (unpaired) electrons. The number of hydrogen-bond donors (Lipinski definition) is 2. The third kappa shape index (κ3) is 4.86. The van der Waals surface area contributed by atoms with Crippen molar-refractivity contribution in [2.45, 2.75) is 33.9 Å². The third-order valence-electron chi connectivity index (χ3n) is 4.74. The minimum absolute atomic E-state index is 0.267. The van der Waals surface area contributed by atoms with E-state index in [-0.39, 0.29) is 5.91 Å². The maximum Gasteiger partial charge on any atom is 0.257 e. The molecule has 0 saturated heterocycles. The first-order valence-electron chi connectivity index (χ1n) is 9.74. The molecular formula is C23H25ClN3O2. The number of carbonyl (C=O) groups excluding carboxylic acids is 2. The van der Waals surface area contributed by atoms with Gasteiger partial charge in [-0.25, -0.2) is 0 Å². The highest BCUT2D eigenvalue weighted by Crippen LogP contribution is 2.24. The van der Waals surface area contributed by atoms with Crippen molar-refractivity contribution < 1.29 is 9.59 Å². The predicted octanol–water partition coefficient (Wildman–Crippen LogP) is 4.77. The summed E-state index contributed by atoms with van der Waals surface area (Å²) in [6.45, 7) is 8.53. The molecule has 0 atom stereocenters. The summed E-state index contributed by atoms with van der Waals surface area (Å²) in [5.74, 6) is 0.289. The minimum atomic E-state index is -0.267. The van der Waals surface area contributed by atoms with Crippen molar-refractivity contribution >= 4 is 40.4 Å². The number of fused-ring (bicyclic) bond motifs is 1. The first-order valence-corrected chi connectivity index (χ1v) is 10.1. The van der Waals surface area contributed by atoms with Crippen LogP contribution >= 0.6 is 11.6 Å². The Morgan fingerprint density at radius 3 is 2.66 bits per heavy atom. The molecule has 2 aromatic carbocycles. The van der Waals surface area contributed by atoms with Crippen LogP contribution in [-0.4, -0.2) is 23.3 Å². The Hall–Kier alpha value is -2.63. The van der Waals surface area contributed by atoms with Gasteiger partial charge in [0, 0.05) is 29.7 Å². The van der Waals surface area contributed by atoms with E-state index in [9.17, 15) is 9.59 Å². The predicted molar refractivity (Wildman–Crippen MR) is 118 cm³/mol. The van der Waals surface area contributed by atoms with Crippen molar-refractivity contribution in [3.05, 3.63) is 64.3 Å². The van der Waals surface area contributed by atoms with Crippen LogP contribution in [0.4, 0.5) is 5.69 Å². The molecule has 1 aromatic heterocycles. The highest BCUT2D eigenvalue weighted by Gasteiger charge is 2.13. The van der Waals surface area contributed by atoms with Gasteiger partial charge in [-0.2, -0.15) is 0 Å². The van der Waals surface area contributed by atoms with Gasteiger partial charge in [0.1, 0.15) is 0 Å². The molecule has 6 heteroatoms. The van der Waals surface area contributed by atoms with Crippen molar-refractivity contribution in [2.24, 2.45) is 5.92 Å². The van der Waals surface area contributed by atoms with Crippen LogP contribution in [0.3, 0.4) is 0 Å². The maximum absolute atomic E-state index is 12.8. The van der Waals surface area contributed by atoms with E-state index in [0.29, 0.717) is 41.0 Å². The highest BCUT2D eigenvalue weighted by atomic mass is 35.5. The van der Waals surface area contributed by atoms with Crippen molar-refractivity contribution in [1.29, 1.82) is 0 Å². The molecular weight excluding hydrogens is 386 g/mol. The Kier molecular flexibility index (Phi) is 6.72. The lowest BCUT2D eigenvalue weighted by atomic mass is 10.1. The number of anilines is 1. The summed E-state index contributed by atoms with van der Waals surface area (Å²) in [5, 5.41) is 7.56. The third-order valence-corrected chi connectivity index (χ3v) is 5.07. The summed E-state index contributed by atoms with van der Waals surface area (Å²) in [6, 6.07) is 12.8. The van der Waals surface area contributed by atoms with Gasteiger partial charge >= 0.3 is 0 Å². The first kappa shape index (κ1) is 21.1. The van der Waals surface area contributed by atoms with E-state index in [1.807, 2.05) is 48.1 Å². The van der Waals surface area contributed by atoms with E-state index in [2.05, 4.69) is 24.5 Å². The lowest BCUT2D eigenvalue weighted by molar-refractivity contribution is 0.102. The zero-order valence-electron chi connectivity index (χ0n) is 16.9. The summed E-state index contributed by atoms with van der Waals surface area (Å²) >= 11 is 6.27. The summed E-state index contributed by atoms with van der Waals surface area (Å²) in [6.07, 6.45) is 1.96. The molecule has 1 amide bonds. The Labute approximate surface area is 176 Å². The number of amides is 1. The lowest BCUT2D eigenvalue weighted by Crippen LogP contribution is -2.19. The van der Waals surface area contributed by atoms with E-state index >= 15 is 0 Å². The largest absolute Gasteiger partial charge is 0.338 e. The van der Waals surface area contributed by atoms with E-state index in [4.69, 9.17) is 11.6 Å². The number of nitrogens with zero attached hydrogens (tertiary/aromatic N) is 1. The van der Waals surface area contributed by atoms with Crippen LogP contribution in [0.1, 0.15) is 42.4 Å². The Morgan fingerprint density at radius 1 is 1.17 bits per heavy atom. The molecule has 0 aliphatic rings. The lowest BCUT2D eigenvalue weighted by Gasteiger charge is -2.11. The van der Waals surface area contributed by atoms with E-state index in [0.717, 1.165) is 23.0 Å². The molecule has 29 heavy (non-hydrogen) atoms. The Bertz CT molecular complexity index is 1040. The molecule has 5 nitrogen and oxygen atoms in total. The van der Waals surface area contributed by atoms with Crippen LogP contribution in [-0.2, 0) is 17.9 Å². The zero-order chi connectivity index (χ0) is 21.0. The Balaban J connectivity index is 1.80. The molecule has 151 valence electrons. The average Bonchev–Trinajstić information content (AvgIpc) is 3.05. The fraction of sp³-hybridized carbons (Fsp3) is 0.304. The van der Waals surface area contributed by atoms with Crippen LogP contribution in [0.15, 0.2) is 42.5 Å². The number of hydrogen-bond acceptors (Lipinski definition) is 3. The van der Waals surface area contributed by atoms with Crippen LogP contribution in [0.5, 0.6) is 0 Å². The van der Waals surface area contributed by atoms with Crippen molar-refractivity contribution in [1.82, 2.24) is 9.88 Å². The molecule has 0 saturated carbocycles. The topological polar surface area (TPSA) is 63.1 Å². The van der Waals surface area contributed by atoms with Crippen molar-refractivity contribution in [3.8, 4) is 0 Å². The quantitative estimate of drug-likeness (QED) is 0.562. The van der Waals surface area contributed by atoms with Gasteiger partial charge in [0.15, 0.2) is 0 Å². The maximum atomic E-state index is 12.8. The number of carbonyl (C=O) groups is 1. The number of halogens is 1. The van der Waals surface area contributed by atoms with Gasteiger partial charge in [-0.05, 0) is 61.3 Å². The number of benzene rings is 2. The van der Waals surface area contributed by atoms with Gasteiger partial charge < -0.3 is 15.2 Å². The highest BCUT2D eigenvalue weighted by molar-refractivity contribution is 6.34. The normalized spacial score (nSPS) is 11.2. The number of aryl methyl sites for hydroxylation is 1. The van der Waals surface area contributed by atoms with Crippen LogP contribution in [0.25, 0.3) is 10.9 Å². The van der Waals surface area contributed by atoms with Gasteiger partial charge in [-0.15, -0.1) is 0 Å². The molecule has 0 fully saturated rings. The monoisotopic (exact) mass is 410 g/mol. The van der Waals surface area contributed by atoms with E-state index in [1.54, 1.807) is 12.1 Å². The molecule has 0 bridgehead atoms. The smallest absolute Gasteiger partial charge is 0.257 e. The van der Waals surface area contributed by atoms with Gasteiger partial charge in [0.2, 0.25) is 0 Å². The molecule has 3 aromatic rings. The molecule has 1 heterocycles. The van der Waals surface area contributed by atoms with Crippen LogP contribution in [0, 0.1) is 5.92 Å². The van der Waals surface area contributed by atoms with Crippen LogP contribution in [0.2, 0.25) is 5.02 Å². The number of aromatic nitrogens is 1. The second-order valence-electron chi connectivity index (χ2n) is 7.44. The Morgan fingerprint density at radius 2 is 1.97 bits per heavy atom. The molecule has 0 spiro atoms. The molecule has 0 aliphatic carbocycles. The summed E-state index contributed by atoms with van der Waals surface area (Å²) < 4.78 is 1.89. The minimum Gasteiger partial charge on any atom is -0.338 e. The van der Waals surface area contributed by atoms with Gasteiger partial charge in [-0.1, -0.05) is 31.5 Å². The SMILES string of the molecule is CCn1c([C]=O)cc2cc(NC(=O)c3cc(CNCC(C)C)ccc3Cl)ccc21. The summed E-state index contributed by atoms with van der Waals surface area (Å²) in [4.78, 5) is 24.0. The number of nitrogens with one attached hydrogen (secondary N) is 2. The summed E-state index contributed by atoms with van der Waals surface area (Å²) in [5.41, 5.74) is 3.51. The second kappa shape index (κ2) is 9.25. The van der Waals surface area contributed by atoms with Crippen molar-refractivity contribution in [2.75, 3.05) is 11.9 Å². The van der Waals surface area contributed by atoms with Crippen molar-refractivity contribution in [3.63, 3.8) is 0 Å². The fourth-order valence-electron chi connectivity index (χ4n) is 3.33. The molecule has 0 aliphatic heterocycles. The van der Waals surface area contributed by atoms with E-state index < -0.39 is 0 Å². The van der Waals surface area contributed by atoms with E-state index in [1.165, 1.54) is 0 Å². The molecule has 2 N–H and O–H groups in total. The zero-order valence-corrected chi connectivity index (χ0v) is 17.6. The molecule has 0 unspecified atom stereocenters. The van der Waals surface area contributed by atoms with Gasteiger partial charge in [0.25, 0.3) is 12.2 Å². The second-order valence-corrected chi connectivity index (χ2v) is 7.85. The summed E-state index contributed by atoms with van der Waals surface area (Å²) in [7, 11) is 0. The standard InChI is InChI=1S/C23H25ClN3O2/c1-4-27-19(14-28)11-17-10-18(6-8-22(17)27)26-23(29)20-9-16(5-7-21(20)24)13-25-12-15(2)3/h5-11,15,25H,4,12-13H2,1-3H3,(H,26,29).